The Bertz CT molecular complexity index is 223. The first kappa shape index (κ1) is 13.5. The van der Waals surface area contributed by atoms with Crippen LogP contribution in [0.3, 0.4) is 0 Å². The van der Waals surface area contributed by atoms with E-state index < -0.39 is 0 Å². The predicted octanol–water partition coefficient (Wildman–Crippen LogP) is 3.60. The minimum absolute atomic E-state index is 0. The molecule has 14 heavy (non-hydrogen) atoms. The van der Waals surface area contributed by atoms with Crippen molar-refractivity contribution in [3.63, 3.8) is 0 Å². The van der Waals surface area contributed by atoms with Crippen LogP contribution in [0.25, 0.3) is 0 Å². The molecule has 0 aliphatic rings. The summed E-state index contributed by atoms with van der Waals surface area (Å²) in [6.07, 6.45) is 1.03. The summed E-state index contributed by atoms with van der Waals surface area (Å²) >= 11 is 5.59. The van der Waals surface area contributed by atoms with Crippen molar-refractivity contribution in [2.75, 3.05) is 12.4 Å². The Kier molecular flexibility index (Phi) is 7.54. The monoisotopic (exact) mass is 213 g/mol. The molecule has 0 saturated carbocycles. The van der Waals surface area contributed by atoms with Crippen molar-refractivity contribution < 1.29 is 0 Å². The molecule has 0 saturated heterocycles. The Morgan fingerprint density at radius 2 is 1.93 bits per heavy atom. The van der Waals surface area contributed by atoms with Gasteiger partial charge in [-0.15, -0.1) is 11.6 Å². The third kappa shape index (κ3) is 4.64. The van der Waals surface area contributed by atoms with Crippen molar-refractivity contribution >= 4 is 11.6 Å². The molecule has 0 heterocycles. The minimum atomic E-state index is 0. The molecule has 1 aromatic carbocycles. The highest BCUT2D eigenvalue weighted by molar-refractivity contribution is 6.17. The van der Waals surface area contributed by atoms with E-state index in [9.17, 15) is 0 Å². The molecule has 1 N–H and O–H groups in total. The van der Waals surface area contributed by atoms with Crippen molar-refractivity contribution in [3.8, 4) is 0 Å². The highest BCUT2D eigenvalue weighted by Crippen LogP contribution is 2.10. The number of alkyl halides is 1. The summed E-state index contributed by atoms with van der Waals surface area (Å²) < 4.78 is 0. The topological polar surface area (TPSA) is 12.0 Å². The second-order valence-electron chi connectivity index (χ2n) is 3.13. The van der Waals surface area contributed by atoms with E-state index in [-0.39, 0.29) is 7.43 Å². The van der Waals surface area contributed by atoms with Crippen LogP contribution < -0.4 is 5.32 Å². The predicted molar refractivity (Wildman–Crippen MR) is 64.9 cm³/mol. The average Bonchev–Trinajstić information content (AvgIpc) is 2.19. The van der Waals surface area contributed by atoms with Crippen LogP contribution in [0.2, 0.25) is 0 Å². The van der Waals surface area contributed by atoms with Crippen molar-refractivity contribution in [2.24, 2.45) is 0 Å². The Morgan fingerprint density at radius 3 is 2.50 bits per heavy atom. The second-order valence-corrected chi connectivity index (χ2v) is 3.51. The van der Waals surface area contributed by atoms with Crippen LogP contribution in [0.5, 0.6) is 0 Å². The molecule has 0 fully saturated rings. The molecule has 0 aromatic heterocycles. The highest BCUT2D eigenvalue weighted by Gasteiger charge is 2.01. The number of hydrogen-bond donors (Lipinski definition) is 1. The van der Waals surface area contributed by atoms with Crippen molar-refractivity contribution in [3.05, 3.63) is 35.9 Å². The van der Waals surface area contributed by atoms with Gasteiger partial charge in [-0.1, -0.05) is 37.8 Å². The molecule has 0 aliphatic heterocycles. The number of halogens is 1. The Labute approximate surface area is 92.5 Å². The summed E-state index contributed by atoms with van der Waals surface area (Å²) in [6, 6.07) is 10.9. The van der Waals surface area contributed by atoms with Gasteiger partial charge in [-0.25, -0.2) is 0 Å². The highest BCUT2D eigenvalue weighted by atomic mass is 35.5. The van der Waals surface area contributed by atoms with Gasteiger partial charge >= 0.3 is 0 Å². The number of nitrogens with one attached hydrogen (secondary N) is 1. The van der Waals surface area contributed by atoms with Crippen LogP contribution in [0.1, 0.15) is 32.4 Å². The molecule has 0 amide bonds. The van der Waals surface area contributed by atoms with Crippen LogP contribution in [0.4, 0.5) is 0 Å². The van der Waals surface area contributed by atoms with Crippen LogP contribution in [-0.4, -0.2) is 12.4 Å². The lowest BCUT2D eigenvalue weighted by atomic mass is 10.1. The Balaban J connectivity index is 0.00000169. The average molecular weight is 214 g/mol. The molecule has 1 atom stereocenters. The zero-order valence-electron chi connectivity index (χ0n) is 7.96. The second kappa shape index (κ2) is 7.84. The molecule has 0 bridgehead atoms. The van der Waals surface area contributed by atoms with E-state index in [4.69, 9.17) is 11.6 Å². The van der Waals surface area contributed by atoms with Gasteiger partial charge in [-0.05, 0) is 25.5 Å². The molecule has 1 nitrogen and oxygen atoms in total. The first-order chi connectivity index (χ1) is 6.34. The smallest absolute Gasteiger partial charge is 0.0291 e. The summed E-state index contributed by atoms with van der Waals surface area (Å²) in [7, 11) is 0. The fraction of sp³-hybridized carbons (Fsp3) is 0.500. The van der Waals surface area contributed by atoms with E-state index in [1.807, 2.05) is 6.07 Å². The maximum absolute atomic E-state index is 5.59. The van der Waals surface area contributed by atoms with Crippen LogP contribution in [0, 0.1) is 0 Å². The van der Waals surface area contributed by atoms with Crippen molar-refractivity contribution in [2.45, 2.75) is 26.8 Å². The maximum Gasteiger partial charge on any atom is 0.0291 e. The summed E-state index contributed by atoms with van der Waals surface area (Å²) in [6.45, 7) is 3.16. The molecular formula is C12H20ClN. The van der Waals surface area contributed by atoms with Gasteiger partial charge in [0.25, 0.3) is 0 Å². The largest absolute Gasteiger partial charge is 0.310 e. The van der Waals surface area contributed by atoms with Gasteiger partial charge in [-0.3, -0.25) is 0 Å². The van der Waals surface area contributed by atoms with E-state index in [1.54, 1.807) is 0 Å². The molecule has 1 aromatic rings. The lowest BCUT2D eigenvalue weighted by molar-refractivity contribution is 0.572. The van der Waals surface area contributed by atoms with E-state index >= 15 is 0 Å². The van der Waals surface area contributed by atoms with Gasteiger partial charge in [-0.2, -0.15) is 0 Å². The maximum atomic E-state index is 5.59. The Morgan fingerprint density at radius 1 is 1.29 bits per heavy atom. The van der Waals surface area contributed by atoms with E-state index in [0.29, 0.717) is 6.04 Å². The van der Waals surface area contributed by atoms with E-state index in [1.165, 1.54) is 5.56 Å². The molecule has 1 rings (SSSR count). The molecule has 1 unspecified atom stereocenters. The molecule has 0 aliphatic carbocycles. The third-order valence-corrected chi connectivity index (χ3v) is 2.33. The van der Waals surface area contributed by atoms with Gasteiger partial charge in [0, 0.05) is 11.9 Å². The van der Waals surface area contributed by atoms with Crippen LogP contribution >= 0.6 is 11.6 Å². The third-order valence-electron chi connectivity index (χ3n) is 2.06. The van der Waals surface area contributed by atoms with Crippen molar-refractivity contribution in [1.29, 1.82) is 0 Å². The van der Waals surface area contributed by atoms with Gasteiger partial charge in [0.1, 0.15) is 0 Å². The van der Waals surface area contributed by atoms with E-state index in [2.05, 4.69) is 36.5 Å². The van der Waals surface area contributed by atoms with E-state index in [0.717, 1.165) is 18.8 Å². The molecule has 2 heteroatoms. The summed E-state index contributed by atoms with van der Waals surface area (Å²) in [4.78, 5) is 0. The molecular weight excluding hydrogens is 194 g/mol. The summed E-state index contributed by atoms with van der Waals surface area (Å²) in [5.74, 6) is 0.731. The number of rotatable bonds is 5. The molecule has 80 valence electrons. The number of hydrogen-bond acceptors (Lipinski definition) is 1. The van der Waals surface area contributed by atoms with Crippen LogP contribution in [0.15, 0.2) is 30.3 Å². The summed E-state index contributed by atoms with van der Waals surface area (Å²) in [5.41, 5.74) is 1.33. The fourth-order valence-electron chi connectivity index (χ4n) is 1.24. The molecule has 0 radical (unpaired) electrons. The fourth-order valence-corrected chi connectivity index (χ4v) is 1.38. The quantitative estimate of drug-likeness (QED) is 0.582. The SMILES string of the molecule is C.CC(NCCCCl)c1ccccc1. The zero-order valence-corrected chi connectivity index (χ0v) is 8.72. The number of benzene rings is 1. The normalized spacial score (nSPS) is 11.9. The Hall–Kier alpha value is -0.530. The summed E-state index contributed by atoms with van der Waals surface area (Å²) in [5, 5.41) is 3.42. The first-order valence-corrected chi connectivity index (χ1v) is 5.22. The van der Waals surface area contributed by atoms with Crippen molar-refractivity contribution in [1.82, 2.24) is 5.32 Å². The lowest BCUT2D eigenvalue weighted by Gasteiger charge is -2.13. The van der Waals surface area contributed by atoms with Gasteiger partial charge in [0.05, 0.1) is 0 Å². The van der Waals surface area contributed by atoms with Gasteiger partial charge < -0.3 is 5.32 Å². The van der Waals surface area contributed by atoms with Crippen LogP contribution in [-0.2, 0) is 0 Å². The standard InChI is InChI=1S/C11H16ClN.CH4/c1-10(13-9-5-8-12)11-6-3-2-4-7-11;/h2-4,6-7,10,13H,5,8-9H2,1H3;1H4. The molecule has 0 spiro atoms. The lowest BCUT2D eigenvalue weighted by Crippen LogP contribution is -2.19. The van der Waals surface area contributed by atoms with Gasteiger partial charge in [0.2, 0.25) is 0 Å². The van der Waals surface area contributed by atoms with Gasteiger partial charge in [0.15, 0.2) is 0 Å². The zero-order chi connectivity index (χ0) is 9.52. The minimum Gasteiger partial charge on any atom is -0.310 e. The first-order valence-electron chi connectivity index (χ1n) is 4.69.